The third kappa shape index (κ3) is 4.78. The number of ether oxygens (including phenoxy) is 2. The number of nitrogens with one attached hydrogen (secondary N) is 2. The lowest BCUT2D eigenvalue weighted by atomic mass is 10.1. The standard InChI is InChI=1S/C20H21ClN2O4/c1-26-18-11-13(21)8-9-16(18)20(25)23-17-7-3-2-6-15(17)19(24)22-12-14-5-4-10-27-14/h2-3,6-9,11,14H,4-5,10,12H2,1H3,(H,22,24)(H,23,25). The Bertz CT molecular complexity index is 834. The molecule has 6 nitrogen and oxygen atoms in total. The van der Waals surface area contributed by atoms with Gasteiger partial charge < -0.3 is 20.1 Å². The van der Waals surface area contributed by atoms with Gasteiger partial charge in [0, 0.05) is 18.2 Å². The van der Waals surface area contributed by atoms with Gasteiger partial charge in [-0.1, -0.05) is 23.7 Å². The molecule has 0 aliphatic carbocycles. The molecule has 1 saturated heterocycles. The van der Waals surface area contributed by atoms with Crippen LogP contribution in [-0.4, -0.2) is 38.2 Å². The van der Waals surface area contributed by atoms with Crippen molar-refractivity contribution in [2.24, 2.45) is 0 Å². The normalized spacial score (nSPS) is 16.0. The zero-order chi connectivity index (χ0) is 19.2. The van der Waals surface area contributed by atoms with Gasteiger partial charge in [-0.3, -0.25) is 9.59 Å². The number of halogens is 1. The number of amides is 2. The minimum absolute atomic E-state index is 0.0500. The monoisotopic (exact) mass is 388 g/mol. The molecule has 2 N–H and O–H groups in total. The average Bonchev–Trinajstić information content (AvgIpc) is 3.20. The molecule has 1 heterocycles. The van der Waals surface area contributed by atoms with Gasteiger partial charge >= 0.3 is 0 Å². The zero-order valence-electron chi connectivity index (χ0n) is 15.0. The molecule has 0 saturated carbocycles. The molecule has 1 fully saturated rings. The molecular formula is C20H21ClN2O4. The van der Waals surface area contributed by atoms with E-state index in [1.165, 1.54) is 7.11 Å². The van der Waals surface area contributed by atoms with Crippen molar-refractivity contribution in [3.63, 3.8) is 0 Å². The minimum Gasteiger partial charge on any atom is -0.496 e. The van der Waals surface area contributed by atoms with E-state index in [4.69, 9.17) is 21.1 Å². The number of carbonyl (C=O) groups excluding carboxylic acids is 2. The van der Waals surface area contributed by atoms with Crippen molar-refractivity contribution in [2.75, 3.05) is 25.6 Å². The first kappa shape index (κ1) is 19.2. The summed E-state index contributed by atoms with van der Waals surface area (Å²) in [6.45, 7) is 1.18. The maximum absolute atomic E-state index is 12.7. The van der Waals surface area contributed by atoms with Gasteiger partial charge in [0.05, 0.1) is 30.0 Å². The van der Waals surface area contributed by atoms with E-state index in [0.29, 0.717) is 34.1 Å². The van der Waals surface area contributed by atoms with Crippen LogP contribution in [-0.2, 0) is 4.74 Å². The number of hydrogen-bond acceptors (Lipinski definition) is 4. The van der Waals surface area contributed by atoms with Gasteiger partial charge in [0.15, 0.2) is 0 Å². The Morgan fingerprint density at radius 1 is 1.19 bits per heavy atom. The first-order valence-electron chi connectivity index (χ1n) is 8.72. The summed E-state index contributed by atoms with van der Waals surface area (Å²) in [6.07, 6.45) is 2.00. The molecule has 0 aromatic heterocycles. The van der Waals surface area contributed by atoms with Gasteiger partial charge in [0.25, 0.3) is 11.8 Å². The Hall–Kier alpha value is -2.57. The summed E-state index contributed by atoms with van der Waals surface area (Å²) in [6, 6.07) is 11.6. The number of anilines is 1. The molecule has 0 radical (unpaired) electrons. The molecule has 1 atom stereocenters. The Morgan fingerprint density at radius 3 is 2.74 bits per heavy atom. The van der Waals surface area contributed by atoms with Gasteiger partial charge in [-0.2, -0.15) is 0 Å². The summed E-state index contributed by atoms with van der Waals surface area (Å²) in [5.74, 6) is -0.285. The van der Waals surface area contributed by atoms with E-state index in [1.807, 2.05) is 0 Å². The summed E-state index contributed by atoms with van der Waals surface area (Å²) in [5, 5.41) is 6.11. The first-order valence-corrected chi connectivity index (χ1v) is 9.10. The van der Waals surface area contributed by atoms with Crippen molar-refractivity contribution < 1.29 is 19.1 Å². The fourth-order valence-corrected chi connectivity index (χ4v) is 3.10. The fourth-order valence-electron chi connectivity index (χ4n) is 2.94. The molecule has 7 heteroatoms. The maximum atomic E-state index is 12.7. The number of methoxy groups -OCH3 is 1. The molecular weight excluding hydrogens is 368 g/mol. The van der Waals surface area contributed by atoms with Crippen LogP contribution in [0.1, 0.15) is 33.6 Å². The third-order valence-corrected chi connectivity index (χ3v) is 4.58. The van der Waals surface area contributed by atoms with Crippen LogP contribution in [0.4, 0.5) is 5.69 Å². The second-order valence-corrected chi connectivity index (χ2v) is 6.63. The van der Waals surface area contributed by atoms with Gasteiger partial charge in [-0.25, -0.2) is 0 Å². The van der Waals surface area contributed by atoms with Gasteiger partial charge in [-0.15, -0.1) is 0 Å². The van der Waals surface area contributed by atoms with Gasteiger partial charge in [0.1, 0.15) is 5.75 Å². The highest BCUT2D eigenvalue weighted by Gasteiger charge is 2.19. The van der Waals surface area contributed by atoms with E-state index in [9.17, 15) is 9.59 Å². The highest BCUT2D eigenvalue weighted by molar-refractivity contribution is 6.31. The molecule has 1 aliphatic rings. The van der Waals surface area contributed by atoms with Crippen molar-refractivity contribution in [1.29, 1.82) is 0 Å². The number of hydrogen-bond donors (Lipinski definition) is 2. The summed E-state index contributed by atoms with van der Waals surface area (Å²) in [7, 11) is 1.47. The summed E-state index contributed by atoms with van der Waals surface area (Å²) in [4.78, 5) is 25.2. The summed E-state index contributed by atoms with van der Waals surface area (Å²) < 4.78 is 10.7. The number of para-hydroxylation sites is 1. The molecule has 1 aliphatic heterocycles. The molecule has 27 heavy (non-hydrogen) atoms. The number of carbonyl (C=O) groups is 2. The largest absolute Gasteiger partial charge is 0.496 e. The van der Waals surface area contributed by atoms with E-state index >= 15 is 0 Å². The van der Waals surface area contributed by atoms with Crippen molar-refractivity contribution >= 4 is 29.1 Å². The lowest BCUT2D eigenvalue weighted by Crippen LogP contribution is -2.32. The van der Waals surface area contributed by atoms with E-state index in [-0.39, 0.29) is 17.9 Å². The second kappa shape index (κ2) is 8.88. The molecule has 142 valence electrons. The average molecular weight is 389 g/mol. The van der Waals surface area contributed by atoms with E-state index < -0.39 is 0 Å². The predicted molar refractivity (Wildman–Crippen MR) is 104 cm³/mol. The van der Waals surface area contributed by atoms with Gasteiger partial charge in [-0.05, 0) is 43.2 Å². The Kier molecular flexibility index (Phi) is 6.32. The second-order valence-electron chi connectivity index (χ2n) is 6.19. The fraction of sp³-hybridized carbons (Fsp3) is 0.300. The molecule has 0 bridgehead atoms. The van der Waals surface area contributed by atoms with Crippen molar-refractivity contribution in [3.8, 4) is 5.75 Å². The van der Waals surface area contributed by atoms with Crippen LogP contribution < -0.4 is 15.4 Å². The van der Waals surface area contributed by atoms with Crippen molar-refractivity contribution in [3.05, 3.63) is 58.6 Å². The quantitative estimate of drug-likeness (QED) is 0.793. The minimum atomic E-state index is -0.386. The molecule has 2 aromatic rings. The van der Waals surface area contributed by atoms with Crippen molar-refractivity contribution in [1.82, 2.24) is 5.32 Å². The first-order chi connectivity index (χ1) is 13.1. The van der Waals surface area contributed by atoms with E-state index in [2.05, 4.69) is 10.6 Å². The molecule has 2 amide bonds. The summed E-state index contributed by atoms with van der Waals surface area (Å²) >= 11 is 5.94. The van der Waals surface area contributed by atoms with Crippen LogP contribution in [0.3, 0.4) is 0 Å². The van der Waals surface area contributed by atoms with Crippen LogP contribution in [0.25, 0.3) is 0 Å². The van der Waals surface area contributed by atoms with Crippen LogP contribution in [0.15, 0.2) is 42.5 Å². The third-order valence-electron chi connectivity index (χ3n) is 4.34. The topological polar surface area (TPSA) is 76.7 Å². The SMILES string of the molecule is COc1cc(Cl)ccc1C(=O)Nc1ccccc1C(=O)NCC1CCCO1. The van der Waals surface area contributed by atoms with E-state index in [1.54, 1.807) is 42.5 Å². The maximum Gasteiger partial charge on any atom is 0.259 e. The molecule has 0 spiro atoms. The van der Waals surface area contributed by atoms with Crippen LogP contribution in [0.5, 0.6) is 5.75 Å². The van der Waals surface area contributed by atoms with Crippen LogP contribution >= 0.6 is 11.6 Å². The molecule has 3 rings (SSSR count). The van der Waals surface area contributed by atoms with Crippen molar-refractivity contribution in [2.45, 2.75) is 18.9 Å². The smallest absolute Gasteiger partial charge is 0.259 e. The molecule has 1 unspecified atom stereocenters. The number of rotatable bonds is 6. The zero-order valence-corrected chi connectivity index (χ0v) is 15.7. The highest BCUT2D eigenvalue weighted by atomic mass is 35.5. The predicted octanol–water partition coefficient (Wildman–Crippen LogP) is 3.51. The lowest BCUT2D eigenvalue weighted by Gasteiger charge is -2.14. The van der Waals surface area contributed by atoms with Gasteiger partial charge in [0.2, 0.25) is 0 Å². The Labute approximate surface area is 162 Å². The summed E-state index contributed by atoms with van der Waals surface area (Å²) in [5.41, 5.74) is 1.14. The highest BCUT2D eigenvalue weighted by Crippen LogP contribution is 2.25. The Balaban J connectivity index is 1.73. The van der Waals surface area contributed by atoms with Crippen LogP contribution in [0, 0.1) is 0 Å². The molecule has 2 aromatic carbocycles. The number of benzene rings is 2. The van der Waals surface area contributed by atoms with Crippen LogP contribution in [0.2, 0.25) is 5.02 Å². The lowest BCUT2D eigenvalue weighted by molar-refractivity contribution is 0.0858. The van der Waals surface area contributed by atoms with E-state index in [0.717, 1.165) is 19.4 Å². The Morgan fingerprint density at radius 2 is 2.00 bits per heavy atom.